The van der Waals surface area contributed by atoms with Crippen molar-refractivity contribution in [3.8, 4) is 0 Å². The van der Waals surface area contributed by atoms with Crippen molar-refractivity contribution in [2.45, 2.75) is 37.5 Å². The molecular formula is C30H38F3N8O4+. The molecule has 0 saturated heterocycles. The molecule has 0 saturated carbocycles. The highest BCUT2D eigenvalue weighted by Crippen LogP contribution is 2.29. The number of carbonyl (C=O) groups excluding carboxylic acids is 4. The molecule has 1 heterocycles. The van der Waals surface area contributed by atoms with Gasteiger partial charge in [-0.2, -0.15) is 13.2 Å². The predicted molar refractivity (Wildman–Crippen MR) is 162 cm³/mol. The molecule has 0 aliphatic heterocycles. The first-order valence-electron chi connectivity index (χ1n) is 14.2. The van der Waals surface area contributed by atoms with Gasteiger partial charge < -0.3 is 38.1 Å². The largest absolute Gasteiger partial charge is 0.416 e. The number of primary amides is 2. The first-order chi connectivity index (χ1) is 21.2. The lowest BCUT2D eigenvalue weighted by Gasteiger charge is -2.36. The molecule has 1 aromatic heterocycles. The number of halogens is 3. The van der Waals surface area contributed by atoms with Gasteiger partial charge in [-0.3, -0.25) is 24.2 Å². The summed E-state index contributed by atoms with van der Waals surface area (Å²) in [6, 6.07) is 10.9. The van der Waals surface area contributed by atoms with Gasteiger partial charge in [0.25, 0.3) is 11.8 Å². The number of alkyl halides is 3. The third kappa shape index (κ3) is 10.5. The fraction of sp³-hybridized carbons (Fsp3) is 0.367. The van der Waals surface area contributed by atoms with E-state index in [1.807, 2.05) is 18.2 Å². The molecule has 242 valence electrons. The summed E-state index contributed by atoms with van der Waals surface area (Å²) in [6.45, 7) is 0.266. The van der Waals surface area contributed by atoms with Crippen LogP contribution in [0.25, 0.3) is 10.9 Å². The maximum atomic E-state index is 13.4. The van der Waals surface area contributed by atoms with Crippen LogP contribution in [0.15, 0.2) is 60.8 Å². The number of amides is 4. The molecule has 0 bridgehead atoms. The zero-order chi connectivity index (χ0) is 33.2. The highest BCUT2D eigenvalue weighted by molar-refractivity contribution is 5.99. The van der Waals surface area contributed by atoms with Crippen molar-refractivity contribution >= 4 is 40.2 Å². The van der Waals surface area contributed by atoms with Crippen molar-refractivity contribution in [3.05, 3.63) is 71.9 Å². The van der Waals surface area contributed by atoms with Crippen LogP contribution in [-0.2, 0) is 31.8 Å². The Hall–Kier alpha value is -4.60. The standard InChI is InChI=1S/C30H37F3N8O4/c31-30(32,33)21-9-7-19(8-10-21)14-25(29(45)39-22-15-20-4-1-2-6-24(20)38-16-22)40-28(44)23(35)5-3-12-41(13-11-34,17-26(36)42)18-27(37)43/h1-2,4,6-10,15-16,23,25H,3,5,11-14,17-18,34-35H2,(H5-,36,37,39,40,42,43,44,45)/p+1/t23-,25+/m0/s1. The number of rotatable bonds is 16. The van der Waals surface area contributed by atoms with E-state index in [0.29, 0.717) is 16.8 Å². The molecule has 10 N–H and O–H groups in total. The summed E-state index contributed by atoms with van der Waals surface area (Å²) < 4.78 is 39.1. The lowest BCUT2D eigenvalue weighted by atomic mass is 10.0. The second kappa shape index (κ2) is 15.4. The molecule has 0 aliphatic rings. The molecule has 2 atom stereocenters. The molecule has 15 heteroatoms. The number of hydrogen-bond donors (Lipinski definition) is 6. The number of hydrogen-bond acceptors (Lipinski definition) is 7. The molecule has 0 unspecified atom stereocenters. The highest BCUT2D eigenvalue weighted by atomic mass is 19.4. The van der Waals surface area contributed by atoms with Gasteiger partial charge in [-0.25, -0.2) is 0 Å². The fourth-order valence-corrected chi connectivity index (χ4v) is 5.12. The molecule has 0 spiro atoms. The summed E-state index contributed by atoms with van der Waals surface area (Å²) in [5, 5.41) is 6.08. The van der Waals surface area contributed by atoms with E-state index in [1.54, 1.807) is 12.1 Å². The van der Waals surface area contributed by atoms with Crippen LogP contribution in [0.5, 0.6) is 0 Å². The number of para-hydroxylation sites is 1. The normalized spacial score (nSPS) is 13.2. The molecule has 0 radical (unpaired) electrons. The maximum absolute atomic E-state index is 13.4. The number of nitrogens with one attached hydrogen (secondary N) is 2. The van der Waals surface area contributed by atoms with Crippen LogP contribution in [0.4, 0.5) is 18.9 Å². The quantitative estimate of drug-likeness (QED) is 0.125. The van der Waals surface area contributed by atoms with Crippen molar-refractivity contribution in [1.82, 2.24) is 10.3 Å². The number of quaternary nitrogens is 1. The van der Waals surface area contributed by atoms with Gasteiger partial charge >= 0.3 is 6.18 Å². The molecule has 3 aromatic rings. The van der Waals surface area contributed by atoms with Gasteiger partial charge in [0.15, 0.2) is 13.1 Å². The molecule has 45 heavy (non-hydrogen) atoms. The van der Waals surface area contributed by atoms with Crippen molar-refractivity contribution in [2.24, 2.45) is 22.9 Å². The SMILES string of the molecule is NCC[N+](CCC[C@H](N)C(=O)N[C@H](Cc1ccc(C(F)(F)F)cc1)C(=O)Nc1cnc2ccccc2c1)(CC(N)=O)CC(N)=O. The van der Waals surface area contributed by atoms with Crippen LogP contribution >= 0.6 is 0 Å². The number of pyridine rings is 1. The Bertz CT molecular complexity index is 1480. The van der Waals surface area contributed by atoms with E-state index in [0.717, 1.165) is 17.5 Å². The molecule has 0 fully saturated rings. The van der Waals surface area contributed by atoms with E-state index in [2.05, 4.69) is 15.6 Å². The Labute approximate surface area is 257 Å². The molecule has 0 aliphatic carbocycles. The van der Waals surface area contributed by atoms with Crippen molar-refractivity contribution in [3.63, 3.8) is 0 Å². The lowest BCUT2D eigenvalue weighted by molar-refractivity contribution is -0.912. The zero-order valence-electron chi connectivity index (χ0n) is 24.6. The van der Waals surface area contributed by atoms with Crippen LogP contribution in [0, 0.1) is 0 Å². The number of benzene rings is 2. The first-order valence-corrected chi connectivity index (χ1v) is 14.2. The summed E-state index contributed by atoms with van der Waals surface area (Å²) in [5.74, 6) is -2.61. The molecule has 3 rings (SSSR count). The van der Waals surface area contributed by atoms with E-state index >= 15 is 0 Å². The Morgan fingerprint density at radius 1 is 0.911 bits per heavy atom. The van der Waals surface area contributed by atoms with Gasteiger partial charge in [0.1, 0.15) is 6.04 Å². The summed E-state index contributed by atoms with van der Waals surface area (Å²) in [4.78, 5) is 54.2. The van der Waals surface area contributed by atoms with Gasteiger partial charge in [0.2, 0.25) is 11.8 Å². The van der Waals surface area contributed by atoms with Gasteiger partial charge in [-0.05, 0) is 42.7 Å². The Kier molecular flexibility index (Phi) is 11.9. The van der Waals surface area contributed by atoms with Gasteiger partial charge in [0.05, 0.1) is 42.1 Å². The summed E-state index contributed by atoms with van der Waals surface area (Å²) in [7, 11) is 0. The van der Waals surface area contributed by atoms with Crippen molar-refractivity contribution in [1.29, 1.82) is 0 Å². The number of anilines is 1. The number of nitrogens with zero attached hydrogens (tertiary/aromatic N) is 2. The Morgan fingerprint density at radius 3 is 2.16 bits per heavy atom. The number of fused-ring (bicyclic) bond motifs is 1. The van der Waals surface area contributed by atoms with E-state index < -0.39 is 47.5 Å². The van der Waals surface area contributed by atoms with Gasteiger partial charge in [0, 0.05) is 18.4 Å². The molecule has 4 amide bonds. The minimum atomic E-state index is -4.53. The minimum absolute atomic E-state index is 0.0890. The third-order valence-corrected chi connectivity index (χ3v) is 7.28. The van der Waals surface area contributed by atoms with Gasteiger partial charge in [-0.1, -0.05) is 30.3 Å². The van der Waals surface area contributed by atoms with Crippen LogP contribution in [-0.4, -0.2) is 77.9 Å². The number of carbonyl (C=O) groups is 4. The third-order valence-electron chi connectivity index (χ3n) is 7.28. The molecule has 2 aromatic carbocycles. The van der Waals surface area contributed by atoms with Gasteiger partial charge in [-0.15, -0.1) is 0 Å². The average Bonchev–Trinajstić information content (AvgIpc) is 2.95. The highest BCUT2D eigenvalue weighted by Gasteiger charge is 2.32. The second-order valence-corrected chi connectivity index (χ2v) is 10.9. The van der Waals surface area contributed by atoms with E-state index in [9.17, 15) is 32.3 Å². The molecular weight excluding hydrogens is 593 g/mol. The Morgan fingerprint density at radius 2 is 1.56 bits per heavy atom. The van der Waals surface area contributed by atoms with Crippen LogP contribution in [0.2, 0.25) is 0 Å². The number of aromatic nitrogens is 1. The average molecular weight is 632 g/mol. The molecule has 12 nitrogen and oxygen atoms in total. The van der Waals surface area contributed by atoms with E-state index in [-0.39, 0.29) is 56.5 Å². The Balaban J connectivity index is 1.74. The number of nitrogens with two attached hydrogens (primary N) is 4. The van der Waals surface area contributed by atoms with Crippen LogP contribution in [0.1, 0.15) is 24.0 Å². The maximum Gasteiger partial charge on any atom is 0.416 e. The van der Waals surface area contributed by atoms with Crippen LogP contribution in [0.3, 0.4) is 0 Å². The van der Waals surface area contributed by atoms with Crippen molar-refractivity contribution in [2.75, 3.05) is 38.0 Å². The first kappa shape index (κ1) is 34.9. The summed E-state index contributed by atoms with van der Waals surface area (Å²) in [5.41, 5.74) is 23.2. The predicted octanol–water partition coefficient (Wildman–Crippen LogP) is 0.773. The zero-order valence-corrected chi connectivity index (χ0v) is 24.6. The topological polar surface area (TPSA) is 209 Å². The summed E-state index contributed by atoms with van der Waals surface area (Å²) >= 11 is 0. The van der Waals surface area contributed by atoms with E-state index in [4.69, 9.17) is 22.9 Å². The lowest BCUT2D eigenvalue weighted by Crippen LogP contribution is -2.59. The smallest absolute Gasteiger partial charge is 0.365 e. The minimum Gasteiger partial charge on any atom is -0.365 e. The van der Waals surface area contributed by atoms with E-state index in [1.165, 1.54) is 18.3 Å². The van der Waals surface area contributed by atoms with Crippen molar-refractivity contribution < 1.29 is 36.8 Å². The second-order valence-electron chi connectivity index (χ2n) is 10.9. The summed E-state index contributed by atoms with van der Waals surface area (Å²) in [6.07, 6.45) is -2.82. The monoisotopic (exact) mass is 631 g/mol. The fourth-order valence-electron chi connectivity index (χ4n) is 5.12. The van der Waals surface area contributed by atoms with Crippen LogP contribution < -0.4 is 33.6 Å².